The number of nitrogens with zero attached hydrogens (tertiary/aromatic N) is 3. The van der Waals surface area contributed by atoms with Crippen molar-refractivity contribution in [2.75, 3.05) is 0 Å². The molecule has 0 aliphatic heterocycles. The van der Waals surface area contributed by atoms with Crippen LogP contribution in [0.1, 0.15) is 41.7 Å². The second kappa shape index (κ2) is 7.67. The molecule has 2 aromatic carbocycles. The van der Waals surface area contributed by atoms with E-state index in [0.717, 1.165) is 16.3 Å². The van der Waals surface area contributed by atoms with Crippen LogP contribution >= 0.6 is 0 Å². The number of nitrogens with two attached hydrogens (primary N) is 1. The van der Waals surface area contributed by atoms with Gasteiger partial charge in [-0.15, -0.1) is 5.10 Å². The fourth-order valence-corrected chi connectivity index (χ4v) is 2.92. The molecule has 7 nitrogen and oxygen atoms in total. The number of aryl methyl sites for hydroxylation is 1. The van der Waals surface area contributed by atoms with Gasteiger partial charge in [-0.05, 0) is 18.6 Å². The minimum absolute atomic E-state index is 0.0795. The van der Waals surface area contributed by atoms with E-state index < -0.39 is 23.5 Å². The van der Waals surface area contributed by atoms with E-state index in [4.69, 9.17) is 10.5 Å². The molecule has 0 aliphatic carbocycles. The Morgan fingerprint density at radius 3 is 2.54 bits per heavy atom. The van der Waals surface area contributed by atoms with Crippen LogP contribution in [-0.2, 0) is 13.5 Å². The van der Waals surface area contributed by atoms with Gasteiger partial charge in [-0.1, -0.05) is 37.3 Å². The number of hydrogen-bond donors (Lipinski definition) is 1. The largest absolute Gasteiger partial charge is 0.485 e. The van der Waals surface area contributed by atoms with Crippen molar-refractivity contribution in [2.24, 2.45) is 12.8 Å². The van der Waals surface area contributed by atoms with Gasteiger partial charge in [0.15, 0.2) is 0 Å². The molecular weight excluding hydrogens is 363 g/mol. The van der Waals surface area contributed by atoms with E-state index >= 15 is 0 Å². The summed E-state index contributed by atoms with van der Waals surface area (Å²) in [4.78, 5) is 24.2. The predicted molar refractivity (Wildman–Crippen MR) is 102 cm³/mol. The maximum Gasteiger partial charge on any atom is 0.350 e. The van der Waals surface area contributed by atoms with Crippen LogP contribution in [0.2, 0.25) is 0 Å². The zero-order valence-electron chi connectivity index (χ0n) is 15.8. The summed E-state index contributed by atoms with van der Waals surface area (Å²) in [5.41, 5.74) is 5.55. The first-order valence-corrected chi connectivity index (χ1v) is 8.83. The lowest BCUT2D eigenvalue weighted by molar-refractivity contribution is 0.0993. The van der Waals surface area contributed by atoms with Crippen molar-refractivity contribution in [1.82, 2.24) is 14.3 Å². The summed E-state index contributed by atoms with van der Waals surface area (Å²) in [5.74, 6) is -1.04. The van der Waals surface area contributed by atoms with Crippen molar-refractivity contribution in [3.63, 3.8) is 0 Å². The molecule has 0 bridgehead atoms. The molecule has 1 aromatic heterocycles. The third-order valence-electron chi connectivity index (χ3n) is 4.50. The number of amides is 1. The molecule has 28 heavy (non-hydrogen) atoms. The van der Waals surface area contributed by atoms with Gasteiger partial charge in [0.05, 0.1) is 5.56 Å². The Balaban J connectivity index is 2.10. The average Bonchev–Trinajstić information content (AvgIpc) is 2.97. The van der Waals surface area contributed by atoms with Gasteiger partial charge in [0.1, 0.15) is 29.2 Å². The van der Waals surface area contributed by atoms with Crippen LogP contribution in [0.5, 0.6) is 5.75 Å². The van der Waals surface area contributed by atoms with E-state index in [9.17, 15) is 14.0 Å². The zero-order valence-corrected chi connectivity index (χ0v) is 15.8. The first-order chi connectivity index (χ1) is 13.3. The summed E-state index contributed by atoms with van der Waals surface area (Å²) in [6.07, 6.45) is 0.0815. The second-order valence-corrected chi connectivity index (χ2v) is 6.36. The average molecular weight is 384 g/mol. The summed E-state index contributed by atoms with van der Waals surface area (Å²) in [5, 5.41) is 4.17. The lowest BCUT2D eigenvalue weighted by Gasteiger charge is -2.18. The molecule has 2 N–H and O–H groups in total. The highest BCUT2D eigenvalue weighted by molar-refractivity contribution is 5.96. The zero-order chi connectivity index (χ0) is 20.4. The van der Waals surface area contributed by atoms with Crippen LogP contribution in [0.3, 0.4) is 0 Å². The van der Waals surface area contributed by atoms with Crippen LogP contribution in [0, 0.1) is 5.82 Å². The van der Waals surface area contributed by atoms with E-state index in [-0.39, 0.29) is 17.0 Å². The molecule has 3 aromatic rings. The van der Waals surface area contributed by atoms with Gasteiger partial charge in [-0.25, -0.2) is 9.18 Å². The summed E-state index contributed by atoms with van der Waals surface area (Å²) in [6.45, 7) is 3.64. The molecule has 0 spiro atoms. The number of halogens is 1. The molecule has 0 aliphatic rings. The Morgan fingerprint density at radius 1 is 1.29 bits per heavy atom. The molecule has 1 atom stereocenters. The van der Waals surface area contributed by atoms with Crippen molar-refractivity contribution < 1.29 is 13.9 Å². The fraction of sp³-hybridized carbons (Fsp3) is 0.250. The minimum Gasteiger partial charge on any atom is -0.485 e. The van der Waals surface area contributed by atoms with E-state index in [1.54, 1.807) is 14.0 Å². The fourth-order valence-electron chi connectivity index (χ4n) is 2.92. The number of primary amides is 1. The topological polar surface area (TPSA) is 92.1 Å². The Hall–Kier alpha value is -3.42. The Morgan fingerprint density at radius 2 is 1.96 bits per heavy atom. The SMILES string of the molecule is CCc1nn(-c2cc(O[C@@H](C)c3ccccc3)c(C(N)=O)cc2F)c(=O)n1C. The molecule has 0 saturated carbocycles. The van der Waals surface area contributed by atoms with Crippen molar-refractivity contribution >= 4 is 5.91 Å². The van der Waals surface area contributed by atoms with Crippen molar-refractivity contribution in [3.05, 3.63) is 75.7 Å². The number of carbonyl (C=O) groups is 1. The number of ether oxygens (including phenoxy) is 1. The number of hydrogen-bond acceptors (Lipinski definition) is 4. The smallest absolute Gasteiger partial charge is 0.350 e. The molecule has 8 heteroatoms. The molecule has 0 radical (unpaired) electrons. The van der Waals surface area contributed by atoms with Crippen LogP contribution in [0.15, 0.2) is 47.3 Å². The first kappa shape index (κ1) is 19.3. The van der Waals surface area contributed by atoms with Crippen LogP contribution < -0.4 is 16.2 Å². The summed E-state index contributed by atoms with van der Waals surface area (Å²) in [6, 6.07) is 11.6. The van der Waals surface area contributed by atoms with E-state index in [1.165, 1.54) is 10.6 Å². The molecule has 0 unspecified atom stereocenters. The number of benzene rings is 2. The molecule has 0 fully saturated rings. The van der Waals surface area contributed by atoms with E-state index in [2.05, 4.69) is 5.10 Å². The lowest BCUT2D eigenvalue weighted by atomic mass is 10.1. The molecule has 1 heterocycles. The Kier molecular flexibility index (Phi) is 5.30. The van der Waals surface area contributed by atoms with Crippen molar-refractivity contribution in [3.8, 4) is 11.4 Å². The second-order valence-electron chi connectivity index (χ2n) is 6.36. The Labute approximate surface area is 161 Å². The van der Waals surface area contributed by atoms with Crippen molar-refractivity contribution in [1.29, 1.82) is 0 Å². The molecular formula is C20H21FN4O3. The van der Waals surface area contributed by atoms with Gasteiger partial charge in [-0.2, -0.15) is 4.68 Å². The third-order valence-corrected chi connectivity index (χ3v) is 4.50. The molecule has 0 saturated heterocycles. The number of carbonyl (C=O) groups excluding carboxylic acids is 1. The monoisotopic (exact) mass is 384 g/mol. The van der Waals surface area contributed by atoms with Gasteiger partial charge >= 0.3 is 5.69 Å². The van der Waals surface area contributed by atoms with Gasteiger partial charge in [0.2, 0.25) is 0 Å². The van der Waals surface area contributed by atoms with E-state index in [0.29, 0.717) is 12.2 Å². The van der Waals surface area contributed by atoms with Gasteiger partial charge in [0, 0.05) is 19.5 Å². The molecule has 3 rings (SSSR count). The van der Waals surface area contributed by atoms with Crippen LogP contribution in [0.25, 0.3) is 5.69 Å². The predicted octanol–water partition coefficient (Wildman–Crippen LogP) is 2.51. The Bertz CT molecular complexity index is 1070. The summed E-state index contributed by atoms with van der Waals surface area (Å²) < 4.78 is 22.9. The maximum absolute atomic E-state index is 14.7. The van der Waals surface area contributed by atoms with Crippen LogP contribution in [-0.4, -0.2) is 20.3 Å². The van der Waals surface area contributed by atoms with Crippen molar-refractivity contribution in [2.45, 2.75) is 26.4 Å². The quantitative estimate of drug-likeness (QED) is 0.707. The summed E-state index contributed by atoms with van der Waals surface area (Å²) >= 11 is 0. The van der Waals surface area contributed by atoms with Gasteiger partial charge in [-0.3, -0.25) is 9.36 Å². The highest BCUT2D eigenvalue weighted by atomic mass is 19.1. The third kappa shape index (κ3) is 3.53. The van der Waals surface area contributed by atoms with Gasteiger partial charge < -0.3 is 10.5 Å². The minimum atomic E-state index is -0.830. The molecule has 1 amide bonds. The highest BCUT2D eigenvalue weighted by Gasteiger charge is 2.21. The summed E-state index contributed by atoms with van der Waals surface area (Å²) in [7, 11) is 1.56. The molecule has 146 valence electrons. The normalized spacial score (nSPS) is 12.0. The number of aromatic nitrogens is 3. The first-order valence-electron chi connectivity index (χ1n) is 8.83. The van der Waals surface area contributed by atoms with E-state index in [1.807, 2.05) is 37.3 Å². The maximum atomic E-state index is 14.7. The lowest BCUT2D eigenvalue weighted by Crippen LogP contribution is -2.23. The highest BCUT2D eigenvalue weighted by Crippen LogP contribution is 2.29. The number of rotatable bonds is 6. The van der Waals surface area contributed by atoms with Crippen LogP contribution in [0.4, 0.5) is 4.39 Å². The van der Waals surface area contributed by atoms with Gasteiger partial charge in [0.25, 0.3) is 5.91 Å². The standard InChI is InChI=1S/C20H21FN4O3/c1-4-18-23-25(20(27)24(18)3)16-11-17(14(19(22)26)10-15(16)21)28-12(2)13-8-6-5-7-9-13/h5-12H,4H2,1-3H3,(H2,22,26)/t12-/m0/s1.